The van der Waals surface area contributed by atoms with E-state index in [1.54, 1.807) is 0 Å². The van der Waals surface area contributed by atoms with E-state index in [9.17, 15) is 4.79 Å². The van der Waals surface area contributed by atoms with E-state index in [0.29, 0.717) is 18.4 Å². The van der Waals surface area contributed by atoms with Crippen molar-refractivity contribution in [1.82, 2.24) is 16.0 Å². The van der Waals surface area contributed by atoms with Gasteiger partial charge in [-0.3, -0.25) is 9.79 Å². The lowest BCUT2D eigenvalue weighted by molar-refractivity contribution is -0.121. The lowest BCUT2D eigenvalue weighted by atomic mass is 9.67. The Hall–Kier alpha value is -1.26. The van der Waals surface area contributed by atoms with Gasteiger partial charge in [-0.15, -0.1) is 0 Å². The van der Waals surface area contributed by atoms with Crippen molar-refractivity contribution < 1.29 is 4.79 Å². The Labute approximate surface area is 135 Å². The summed E-state index contributed by atoms with van der Waals surface area (Å²) in [5.74, 6) is 0.931. The highest BCUT2D eigenvalue weighted by molar-refractivity contribution is 5.81. The van der Waals surface area contributed by atoms with E-state index in [1.807, 2.05) is 6.92 Å². The molecule has 0 aromatic carbocycles. The molecule has 128 valence electrons. The number of nitrogens with one attached hydrogen (secondary N) is 3. The highest BCUT2D eigenvalue weighted by Gasteiger charge is 2.34. The normalized spacial score (nSPS) is 18.3. The van der Waals surface area contributed by atoms with Crippen molar-refractivity contribution in [3.05, 3.63) is 0 Å². The van der Waals surface area contributed by atoms with E-state index >= 15 is 0 Å². The monoisotopic (exact) mass is 310 g/mol. The highest BCUT2D eigenvalue weighted by Crippen LogP contribution is 2.43. The molecule has 5 nitrogen and oxygen atoms in total. The first kappa shape index (κ1) is 18.8. The summed E-state index contributed by atoms with van der Waals surface area (Å²) in [6.45, 7) is 10.8. The quantitative estimate of drug-likeness (QED) is 0.453. The van der Waals surface area contributed by atoms with Crippen LogP contribution in [0.15, 0.2) is 4.99 Å². The minimum absolute atomic E-state index is 0.0988. The Morgan fingerprint density at radius 2 is 1.95 bits per heavy atom. The van der Waals surface area contributed by atoms with E-state index in [0.717, 1.165) is 25.5 Å². The first-order valence-electron chi connectivity index (χ1n) is 8.86. The summed E-state index contributed by atoms with van der Waals surface area (Å²) in [6, 6.07) is 0.248. The van der Waals surface area contributed by atoms with E-state index in [1.165, 1.54) is 25.7 Å². The molecule has 0 aromatic heterocycles. The van der Waals surface area contributed by atoms with Crippen molar-refractivity contribution in [3.8, 4) is 0 Å². The Balaban J connectivity index is 2.35. The number of rotatable bonds is 9. The average Bonchev–Trinajstić information content (AvgIpc) is 2.46. The van der Waals surface area contributed by atoms with Gasteiger partial charge < -0.3 is 16.0 Å². The molecule has 1 atom stereocenters. The smallest absolute Gasteiger partial charge is 0.221 e. The number of guanidine groups is 1. The number of carbonyl (C=O) groups is 1. The number of hydrogen-bond donors (Lipinski definition) is 3. The standard InChI is InChI=1S/C17H34N4O/c1-5-14(4)21-15(22)9-12-19-16(18-7-3)20-13-17(6-2)10-8-11-17/h14H,5-13H2,1-4H3,(H,21,22)(H2,18,19,20). The first-order valence-corrected chi connectivity index (χ1v) is 8.86. The number of hydrogen-bond acceptors (Lipinski definition) is 2. The topological polar surface area (TPSA) is 65.5 Å². The molecule has 0 aliphatic heterocycles. The molecule has 0 radical (unpaired) electrons. The largest absolute Gasteiger partial charge is 0.357 e. The molecule has 1 rings (SSSR count). The Bertz CT molecular complexity index is 358. The number of amides is 1. The van der Waals surface area contributed by atoms with Crippen LogP contribution < -0.4 is 16.0 Å². The zero-order valence-corrected chi connectivity index (χ0v) is 14.8. The summed E-state index contributed by atoms with van der Waals surface area (Å²) in [5.41, 5.74) is 0.427. The minimum Gasteiger partial charge on any atom is -0.357 e. The lowest BCUT2D eigenvalue weighted by Gasteiger charge is -2.40. The molecule has 1 saturated carbocycles. The molecule has 0 saturated heterocycles. The molecule has 0 bridgehead atoms. The maximum absolute atomic E-state index is 11.8. The van der Waals surface area contributed by atoms with Crippen LogP contribution in [0.3, 0.4) is 0 Å². The van der Waals surface area contributed by atoms with Crippen molar-refractivity contribution in [1.29, 1.82) is 0 Å². The van der Waals surface area contributed by atoms with Gasteiger partial charge in [0, 0.05) is 32.1 Å². The first-order chi connectivity index (χ1) is 10.5. The van der Waals surface area contributed by atoms with Crippen molar-refractivity contribution >= 4 is 11.9 Å². The van der Waals surface area contributed by atoms with Gasteiger partial charge in [0.2, 0.25) is 5.91 Å². The molecular formula is C17H34N4O. The lowest BCUT2D eigenvalue weighted by Crippen LogP contribution is -2.41. The summed E-state index contributed by atoms with van der Waals surface area (Å²) in [7, 11) is 0. The fourth-order valence-electron chi connectivity index (χ4n) is 2.63. The number of nitrogens with zero attached hydrogens (tertiary/aromatic N) is 1. The van der Waals surface area contributed by atoms with Gasteiger partial charge in [-0.05, 0) is 44.9 Å². The zero-order chi connectivity index (χ0) is 16.4. The molecule has 1 unspecified atom stereocenters. The summed E-state index contributed by atoms with van der Waals surface area (Å²) in [5, 5.41) is 9.51. The molecule has 1 amide bonds. The molecule has 0 aromatic rings. The van der Waals surface area contributed by atoms with Gasteiger partial charge in [0.05, 0.1) is 0 Å². The van der Waals surface area contributed by atoms with Crippen LogP contribution in [0.1, 0.15) is 66.2 Å². The maximum Gasteiger partial charge on any atom is 0.221 e. The molecule has 3 N–H and O–H groups in total. The van der Waals surface area contributed by atoms with Crippen LogP contribution in [-0.4, -0.2) is 37.5 Å². The SMILES string of the molecule is CCNC(=NCC1(CC)CCC1)NCCC(=O)NC(C)CC. The predicted octanol–water partition coefficient (Wildman–Crippen LogP) is 2.43. The van der Waals surface area contributed by atoms with Crippen molar-refractivity contribution in [2.24, 2.45) is 10.4 Å². The maximum atomic E-state index is 11.8. The molecule has 5 heteroatoms. The van der Waals surface area contributed by atoms with Crippen molar-refractivity contribution in [2.45, 2.75) is 72.3 Å². The van der Waals surface area contributed by atoms with Crippen LogP contribution in [0.2, 0.25) is 0 Å². The van der Waals surface area contributed by atoms with Crippen LogP contribution >= 0.6 is 0 Å². The van der Waals surface area contributed by atoms with E-state index in [2.05, 4.69) is 36.7 Å². The molecule has 1 aliphatic rings. The summed E-state index contributed by atoms with van der Waals surface area (Å²) in [6.07, 6.45) is 6.57. The fraction of sp³-hybridized carbons (Fsp3) is 0.882. The van der Waals surface area contributed by atoms with Crippen LogP contribution in [0.4, 0.5) is 0 Å². The highest BCUT2D eigenvalue weighted by atomic mass is 16.1. The number of aliphatic imine (C=N–C) groups is 1. The molecule has 0 heterocycles. The minimum atomic E-state index is 0.0988. The molecule has 1 fully saturated rings. The number of carbonyl (C=O) groups excluding carboxylic acids is 1. The van der Waals surface area contributed by atoms with E-state index < -0.39 is 0 Å². The molecule has 22 heavy (non-hydrogen) atoms. The van der Waals surface area contributed by atoms with Gasteiger partial charge in [-0.2, -0.15) is 0 Å². The Kier molecular flexibility index (Phi) is 8.28. The Morgan fingerprint density at radius 3 is 2.45 bits per heavy atom. The molecular weight excluding hydrogens is 276 g/mol. The van der Waals surface area contributed by atoms with Gasteiger partial charge in [-0.1, -0.05) is 20.3 Å². The van der Waals surface area contributed by atoms with Gasteiger partial charge in [0.1, 0.15) is 0 Å². The second kappa shape index (κ2) is 9.70. The van der Waals surface area contributed by atoms with Crippen molar-refractivity contribution in [3.63, 3.8) is 0 Å². The fourth-order valence-corrected chi connectivity index (χ4v) is 2.63. The second-order valence-electron chi connectivity index (χ2n) is 6.46. The third-order valence-electron chi connectivity index (χ3n) is 4.75. The van der Waals surface area contributed by atoms with Gasteiger partial charge in [-0.25, -0.2) is 0 Å². The van der Waals surface area contributed by atoms with E-state index in [-0.39, 0.29) is 11.9 Å². The predicted molar refractivity (Wildman–Crippen MR) is 93.1 cm³/mol. The van der Waals surface area contributed by atoms with Crippen LogP contribution in [0, 0.1) is 5.41 Å². The van der Waals surface area contributed by atoms with Gasteiger partial charge in [0.15, 0.2) is 5.96 Å². The third-order valence-corrected chi connectivity index (χ3v) is 4.75. The van der Waals surface area contributed by atoms with Crippen molar-refractivity contribution in [2.75, 3.05) is 19.6 Å². The van der Waals surface area contributed by atoms with Gasteiger partial charge >= 0.3 is 0 Å². The Morgan fingerprint density at radius 1 is 1.23 bits per heavy atom. The van der Waals surface area contributed by atoms with Crippen LogP contribution in [-0.2, 0) is 4.79 Å². The second-order valence-corrected chi connectivity index (χ2v) is 6.46. The van der Waals surface area contributed by atoms with E-state index in [4.69, 9.17) is 4.99 Å². The molecule has 1 aliphatic carbocycles. The van der Waals surface area contributed by atoms with Crippen LogP contribution in [0.5, 0.6) is 0 Å². The third kappa shape index (κ3) is 6.24. The zero-order valence-electron chi connectivity index (χ0n) is 14.8. The van der Waals surface area contributed by atoms with Crippen LogP contribution in [0.25, 0.3) is 0 Å². The summed E-state index contributed by atoms with van der Waals surface area (Å²) >= 11 is 0. The molecule has 0 spiro atoms. The average molecular weight is 310 g/mol. The summed E-state index contributed by atoms with van der Waals surface area (Å²) in [4.78, 5) is 16.5. The summed E-state index contributed by atoms with van der Waals surface area (Å²) < 4.78 is 0. The van der Waals surface area contributed by atoms with Gasteiger partial charge in [0.25, 0.3) is 0 Å².